The minimum Gasteiger partial charge on any atom is -0.398 e. The topological polar surface area (TPSA) is 43.8 Å². The summed E-state index contributed by atoms with van der Waals surface area (Å²) in [5.41, 5.74) is 10.2. The van der Waals surface area contributed by atoms with Crippen LogP contribution in [0.1, 0.15) is 17.0 Å². The monoisotopic (exact) mass is 325 g/mol. The van der Waals surface area contributed by atoms with Crippen molar-refractivity contribution in [1.29, 1.82) is 0 Å². The van der Waals surface area contributed by atoms with Crippen molar-refractivity contribution in [1.82, 2.24) is 9.78 Å². The highest BCUT2D eigenvalue weighted by atomic mass is 79.9. The molecule has 1 heterocycles. The zero-order valence-corrected chi connectivity index (χ0v) is 13.1. The highest BCUT2D eigenvalue weighted by Gasteiger charge is 2.11. The number of hydrogen-bond acceptors (Lipinski definition) is 3. The Labute approximate surface area is 120 Å². The highest BCUT2D eigenvalue weighted by Crippen LogP contribution is 2.31. The molecule has 0 amide bonds. The van der Waals surface area contributed by atoms with Crippen LogP contribution in [0.5, 0.6) is 0 Å². The van der Waals surface area contributed by atoms with Gasteiger partial charge in [0.1, 0.15) is 0 Å². The second kappa shape index (κ2) is 5.36. The number of aromatic nitrogens is 2. The van der Waals surface area contributed by atoms with E-state index in [1.54, 1.807) is 11.8 Å². The van der Waals surface area contributed by atoms with Gasteiger partial charge in [-0.2, -0.15) is 5.10 Å². The van der Waals surface area contributed by atoms with Gasteiger partial charge < -0.3 is 5.73 Å². The van der Waals surface area contributed by atoms with Crippen LogP contribution in [-0.2, 0) is 12.8 Å². The number of thioether (sulfide) groups is 1. The van der Waals surface area contributed by atoms with Gasteiger partial charge in [-0.25, -0.2) is 0 Å². The maximum Gasteiger partial charge on any atom is 0.0738 e. The summed E-state index contributed by atoms with van der Waals surface area (Å²) in [4.78, 5) is 1.12. The number of anilines is 1. The first-order chi connectivity index (χ1) is 8.49. The average Bonchev–Trinajstić information content (AvgIpc) is 2.53. The van der Waals surface area contributed by atoms with Crippen LogP contribution in [0.15, 0.2) is 27.6 Å². The molecule has 0 aliphatic carbocycles. The maximum atomic E-state index is 6.01. The van der Waals surface area contributed by atoms with Crippen molar-refractivity contribution in [3.05, 3.63) is 39.6 Å². The fourth-order valence-electron chi connectivity index (χ4n) is 1.78. The number of rotatable bonds is 3. The van der Waals surface area contributed by atoms with E-state index in [4.69, 9.17) is 5.73 Å². The first kappa shape index (κ1) is 13.5. The lowest BCUT2D eigenvalue weighted by Crippen LogP contribution is -1.97. The van der Waals surface area contributed by atoms with Crippen molar-refractivity contribution < 1.29 is 0 Å². The summed E-state index contributed by atoms with van der Waals surface area (Å²) >= 11 is 5.31. The molecule has 2 aromatic rings. The second-order valence-electron chi connectivity index (χ2n) is 4.30. The number of aryl methyl sites for hydroxylation is 3. The average molecular weight is 326 g/mol. The lowest BCUT2D eigenvalue weighted by molar-refractivity contribution is 0.727. The molecule has 2 N–H and O–H groups in total. The van der Waals surface area contributed by atoms with E-state index >= 15 is 0 Å². The van der Waals surface area contributed by atoms with E-state index in [1.807, 2.05) is 31.6 Å². The Balaban J connectivity index is 2.16. The fraction of sp³-hybridized carbons (Fsp3) is 0.308. The molecule has 96 valence electrons. The van der Waals surface area contributed by atoms with Crippen molar-refractivity contribution in [3.63, 3.8) is 0 Å². The molecule has 0 unspecified atom stereocenters. The fourth-order valence-corrected chi connectivity index (χ4v) is 3.46. The van der Waals surface area contributed by atoms with E-state index < -0.39 is 0 Å². The maximum absolute atomic E-state index is 6.01. The minimum atomic E-state index is 0.843. The van der Waals surface area contributed by atoms with Gasteiger partial charge in [0.2, 0.25) is 0 Å². The number of nitrogens with zero attached hydrogens (tertiary/aromatic N) is 2. The summed E-state index contributed by atoms with van der Waals surface area (Å²) in [6.07, 6.45) is 0. The summed E-state index contributed by atoms with van der Waals surface area (Å²) in [5.74, 6) is 0.852. The summed E-state index contributed by atoms with van der Waals surface area (Å²) < 4.78 is 3.00. The molecule has 0 aliphatic heterocycles. The van der Waals surface area contributed by atoms with Crippen LogP contribution in [0.4, 0.5) is 5.69 Å². The zero-order valence-electron chi connectivity index (χ0n) is 10.7. The Bertz CT molecular complexity index is 578. The van der Waals surface area contributed by atoms with Crippen LogP contribution in [0.2, 0.25) is 0 Å². The molecule has 5 heteroatoms. The first-order valence-electron chi connectivity index (χ1n) is 5.66. The van der Waals surface area contributed by atoms with Gasteiger partial charge in [0.15, 0.2) is 0 Å². The molecule has 0 atom stereocenters. The summed E-state index contributed by atoms with van der Waals surface area (Å²) in [5, 5.41) is 4.38. The number of nitrogens with two attached hydrogens (primary N) is 1. The quantitative estimate of drug-likeness (QED) is 0.691. The molecule has 0 saturated heterocycles. The van der Waals surface area contributed by atoms with Gasteiger partial charge in [-0.3, -0.25) is 4.68 Å². The van der Waals surface area contributed by atoms with Gasteiger partial charge in [0.05, 0.1) is 15.9 Å². The summed E-state index contributed by atoms with van der Waals surface area (Å²) in [6.45, 7) is 4.05. The lowest BCUT2D eigenvalue weighted by Gasteiger charge is -2.07. The van der Waals surface area contributed by atoms with Gasteiger partial charge in [-0.15, -0.1) is 11.8 Å². The SMILES string of the molecule is Cc1ccc(SCc2c(Br)c(C)nn2C)c(N)c1. The van der Waals surface area contributed by atoms with Gasteiger partial charge in [0.25, 0.3) is 0 Å². The first-order valence-corrected chi connectivity index (χ1v) is 7.44. The standard InChI is InChI=1S/C13H16BrN3S/c1-8-4-5-12(10(15)6-8)18-7-11-13(14)9(2)16-17(11)3/h4-6H,7,15H2,1-3H3. The smallest absolute Gasteiger partial charge is 0.0738 e. The normalized spacial score (nSPS) is 10.9. The summed E-state index contributed by atoms with van der Waals surface area (Å²) in [6, 6.07) is 6.17. The van der Waals surface area contributed by atoms with Crippen LogP contribution >= 0.6 is 27.7 Å². The van der Waals surface area contributed by atoms with Crippen molar-refractivity contribution >= 4 is 33.4 Å². The molecular formula is C13H16BrN3S. The predicted molar refractivity (Wildman–Crippen MR) is 80.8 cm³/mol. The molecule has 0 aliphatic rings. The van der Waals surface area contributed by atoms with Crippen LogP contribution < -0.4 is 5.73 Å². The molecule has 18 heavy (non-hydrogen) atoms. The van der Waals surface area contributed by atoms with E-state index in [0.717, 1.165) is 26.5 Å². The third-order valence-electron chi connectivity index (χ3n) is 2.79. The number of halogens is 1. The third kappa shape index (κ3) is 2.72. The van der Waals surface area contributed by atoms with Crippen LogP contribution in [0.3, 0.4) is 0 Å². The second-order valence-corrected chi connectivity index (χ2v) is 6.11. The number of hydrogen-bond donors (Lipinski definition) is 1. The van der Waals surface area contributed by atoms with E-state index in [1.165, 1.54) is 11.3 Å². The van der Waals surface area contributed by atoms with E-state index in [9.17, 15) is 0 Å². The molecule has 0 saturated carbocycles. The Morgan fingerprint density at radius 3 is 2.67 bits per heavy atom. The van der Waals surface area contributed by atoms with Gasteiger partial charge in [-0.1, -0.05) is 6.07 Å². The molecular weight excluding hydrogens is 310 g/mol. The molecule has 0 bridgehead atoms. The van der Waals surface area contributed by atoms with Crippen molar-refractivity contribution in [3.8, 4) is 0 Å². The lowest BCUT2D eigenvalue weighted by atomic mass is 10.2. The molecule has 1 aromatic heterocycles. The van der Waals surface area contributed by atoms with E-state index in [-0.39, 0.29) is 0 Å². The van der Waals surface area contributed by atoms with Gasteiger partial charge in [0, 0.05) is 23.4 Å². The molecule has 0 spiro atoms. The highest BCUT2D eigenvalue weighted by molar-refractivity contribution is 9.10. The van der Waals surface area contributed by atoms with E-state index in [0.29, 0.717) is 0 Å². The minimum absolute atomic E-state index is 0.843. The number of nitrogen functional groups attached to an aromatic ring is 1. The Hall–Kier alpha value is -0.940. The van der Waals surface area contributed by atoms with Crippen LogP contribution in [0.25, 0.3) is 0 Å². The number of benzene rings is 1. The van der Waals surface area contributed by atoms with Gasteiger partial charge in [-0.05, 0) is 47.5 Å². The summed E-state index contributed by atoms with van der Waals surface area (Å²) in [7, 11) is 1.96. The molecule has 0 fully saturated rings. The van der Waals surface area contributed by atoms with Crippen LogP contribution in [-0.4, -0.2) is 9.78 Å². The van der Waals surface area contributed by atoms with Crippen LogP contribution in [0, 0.1) is 13.8 Å². The Morgan fingerprint density at radius 1 is 1.39 bits per heavy atom. The molecule has 0 radical (unpaired) electrons. The molecule has 2 rings (SSSR count). The Morgan fingerprint density at radius 2 is 2.11 bits per heavy atom. The van der Waals surface area contributed by atoms with Crippen molar-refractivity contribution in [2.45, 2.75) is 24.5 Å². The van der Waals surface area contributed by atoms with E-state index in [2.05, 4.69) is 33.2 Å². The predicted octanol–water partition coefficient (Wildman–Crippen LogP) is 3.67. The Kier molecular flexibility index (Phi) is 4.02. The van der Waals surface area contributed by atoms with Gasteiger partial charge >= 0.3 is 0 Å². The molecule has 3 nitrogen and oxygen atoms in total. The zero-order chi connectivity index (χ0) is 13.3. The molecule has 1 aromatic carbocycles. The van der Waals surface area contributed by atoms with Crippen molar-refractivity contribution in [2.75, 3.05) is 5.73 Å². The third-order valence-corrected chi connectivity index (χ3v) is 4.92. The largest absolute Gasteiger partial charge is 0.398 e. The van der Waals surface area contributed by atoms with Crippen molar-refractivity contribution in [2.24, 2.45) is 7.05 Å².